The number of nitrogens with two attached hydrogens (primary N) is 1. The van der Waals surface area contributed by atoms with Crippen LogP contribution in [0.3, 0.4) is 0 Å². The van der Waals surface area contributed by atoms with Crippen LogP contribution in [-0.2, 0) is 6.54 Å². The van der Waals surface area contributed by atoms with E-state index in [2.05, 4.69) is 38.5 Å². The molecule has 0 aliphatic carbocycles. The van der Waals surface area contributed by atoms with E-state index in [0.29, 0.717) is 16.5 Å². The van der Waals surface area contributed by atoms with Gasteiger partial charge in [-0.3, -0.25) is 4.98 Å². The number of hydrogen-bond acceptors (Lipinski definition) is 8. The number of thiol groups is 1. The highest BCUT2D eigenvalue weighted by atomic mass is 32.2. The molecule has 2 N–H and O–H groups in total. The molecule has 3 heterocycles. The Bertz CT molecular complexity index is 909. The summed E-state index contributed by atoms with van der Waals surface area (Å²) in [6.07, 6.45) is 5.49. The van der Waals surface area contributed by atoms with Gasteiger partial charge in [0.05, 0.1) is 29.0 Å². The Morgan fingerprint density at radius 1 is 1.36 bits per heavy atom. The molecule has 0 fully saturated rings. The van der Waals surface area contributed by atoms with E-state index >= 15 is 0 Å². The standard InChI is InChI=1S/C17H21N5OS2/c1-9(16-20-15(18)14(24)17(21-16)25-4)12-5-11-10(7-22(2)3)8-23-13(11)6-19-12/h5-6,8-9,24H,7H2,1-4H3,(H2,18,20,21). The molecular formula is C17H21N5OS2. The van der Waals surface area contributed by atoms with Gasteiger partial charge >= 0.3 is 0 Å². The van der Waals surface area contributed by atoms with Crippen LogP contribution in [0.25, 0.3) is 11.0 Å². The van der Waals surface area contributed by atoms with Crippen molar-refractivity contribution in [2.45, 2.75) is 29.3 Å². The Balaban J connectivity index is 2.02. The van der Waals surface area contributed by atoms with Crippen molar-refractivity contribution in [1.29, 1.82) is 0 Å². The summed E-state index contributed by atoms with van der Waals surface area (Å²) >= 11 is 5.88. The summed E-state index contributed by atoms with van der Waals surface area (Å²) in [6, 6.07) is 2.05. The number of nitrogens with zero attached hydrogens (tertiary/aromatic N) is 4. The first-order chi connectivity index (χ1) is 11.9. The van der Waals surface area contributed by atoms with Crippen LogP contribution < -0.4 is 5.73 Å². The van der Waals surface area contributed by atoms with Crippen LogP contribution in [0.2, 0.25) is 0 Å². The van der Waals surface area contributed by atoms with Crippen LogP contribution in [0, 0.1) is 0 Å². The topological polar surface area (TPSA) is 81.1 Å². The third-order valence-corrected chi connectivity index (χ3v) is 5.24. The molecule has 3 aromatic rings. The lowest BCUT2D eigenvalue weighted by molar-refractivity contribution is 0.401. The van der Waals surface area contributed by atoms with Crippen LogP contribution in [-0.4, -0.2) is 40.2 Å². The van der Waals surface area contributed by atoms with Gasteiger partial charge in [0.15, 0.2) is 5.58 Å². The fourth-order valence-corrected chi connectivity index (χ4v) is 3.49. The Labute approximate surface area is 156 Å². The quantitative estimate of drug-likeness (QED) is 0.402. The van der Waals surface area contributed by atoms with E-state index in [1.54, 1.807) is 12.5 Å². The molecule has 1 unspecified atom stereocenters. The summed E-state index contributed by atoms with van der Waals surface area (Å²) in [7, 11) is 4.06. The first-order valence-corrected chi connectivity index (χ1v) is 9.49. The molecule has 0 amide bonds. The van der Waals surface area contributed by atoms with Gasteiger partial charge in [-0.1, -0.05) is 0 Å². The second-order valence-electron chi connectivity index (χ2n) is 6.15. The third kappa shape index (κ3) is 3.61. The number of fused-ring (bicyclic) bond motifs is 1. The Morgan fingerprint density at radius 2 is 2.12 bits per heavy atom. The number of aromatic nitrogens is 3. The number of rotatable bonds is 5. The van der Waals surface area contributed by atoms with Gasteiger partial charge in [-0.05, 0) is 33.3 Å². The maximum absolute atomic E-state index is 5.98. The maximum atomic E-state index is 5.98. The minimum atomic E-state index is -0.0892. The van der Waals surface area contributed by atoms with Crippen molar-refractivity contribution < 1.29 is 4.42 Å². The van der Waals surface area contributed by atoms with Gasteiger partial charge in [-0.15, -0.1) is 24.4 Å². The molecule has 0 radical (unpaired) electrons. The SMILES string of the molecule is CSc1nc(C(C)c2cc3c(CN(C)C)coc3cn2)nc(N)c1S. The Hall–Kier alpha value is -1.77. The first kappa shape index (κ1) is 18.0. The smallest absolute Gasteiger partial charge is 0.152 e. The van der Waals surface area contributed by atoms with Crippen LogP contribution in [0.15, 0.2) is 32.9 Å². The lowest BCUT2D eigenvalue weighted by atomic mass is 10.0. The number of pyridine rings is 1. The highest BCUT2D eigenvalue weighted by Gasteiger charge is 2.19. The van der Waals surface area contributed by atoms with Crippen LogP contribution >= 0.6 is 24.4 Å². The normalized spacial score (nSPS) is 12.9. The number of hydrogen-bond donors (Lipinski definition) is 2. The largest absolute Gasteiger partial charge is 0.462 e. The highest BCUT2D eigenvalue weighted by molar-refractivity contribution is 7.99. The van der Waals surface area contributed by atoms with Crippen molar-refractivity contribution >= 4 is 41.2 Å². The molecule has 6 nitrogen and oxygen atoms in total. The Morgan fingerprint density at radius 3 is 2.80 bits per heavy atom. The van der Waals surface area contributed by atoms with Crippen molar-refractivity contribution in [3.8, 4) is 0 Å². The van der Waals surface area contributed by atoms with E-state index in [1.165, 1.54) is 11.8 Å². The molecule has 1 atom stereocenters. The molecule has 0 bridgehead atoms. The zero-order valence-electron chi connectivity index (χ0n) is 14.6. The van der Waals surface area contributed by atoms with E-state index in [0.717, 1.165) is 33.8 Å². The highest BCUT2D eigenvalue weighted by Crippen LogP contribution is 2.31. The fourth-order valence-electron chi connectivity index (χ4n) is 2.64. The third-order valence-electron chi connectivity index (χ3n) is 3.97. The van der Waals surface area contributed by atoms with Gasteiger partial charge in [-0.25, -0.2) is 9.97 Å². The summed E-state index contributed by atoms with van der Waals surface area (Å²) in [5, 5.41) is 1.84. The summed E-state index contributed by atoms with van der Waals surface area (Å²) in [6.45, 7) is 2.83. The van der Waals surface area contributed by atoms with Crippen LogP contribution in [0.4, 0.5) is 5.82 Å². The van der Waals surface area contributed by atoms with Crippen molar-refractivity contribution in [2.24, 2.45) is 0 Å². The molecule has 3 rings (SSSR count). The minimum absolute atomic E-state index is 0.0892. The van der Waals surface area contributed by atoms with Gasteiger partial charge in [-0.2, -0.15) is 0 Å². The number of thioether (sulfide) groups is 1. The molecule has 0 spiro atoms. The molecule has 0 aliphatic heterocycles. The number of nitrogen functional groups attached to an aromatic ring is 1. The van der Waals surface area contributed by atoms with Crippen LogP contribution in [0.5, 0.6) is 0 Å². The average Bonchev–Trinajstić information content (AvgIpc) is 2.98. The van der Waals surface area contributed by atoms with E-state index in [-0.39, 0.29) is 5.92 Å². The second kappa shape index (κ2) is 7.23. The number of anilines is 1. The van der Waals surface area contributed by atoms with Gasteiger partial charge in [0.25, 0.3) is 0 Å². The average molecular weight is 376 g/mol. The summed E-state index contributed by atoms with van der Waals surface area (Å²) in [5.74, 6) is 0.944. The van der Waals surface area contributed by atoms with Crippen molar-refractivity contribution in [2.75, 3.05) is 26.1 Å². The van der Waals surface area contributed by atoms with Crippen molar-refractivity contribution in [3.05, 3.63) is 35.6 Å². The first-order valence-electron chi connectivity index (χ1n) is 7.81. The summed E-state index contributed by atoms with van der Waals surface area (Å²) in [5.41, 5.74) is 8.78. The molecule has 0 aliphatic rings. The van der Waals surface area contributed by atoms with Gasteiger partial charge in [0.2, 0.25) is 0 Å². The van der Waals surface area contributed by atoms with E-state index in [9.17, 15) is 0 Å². The molecule has 3 aromatic heterocycles. The molecule has 132 valence electrons. The zero-order chi connectivity index (χ0) is 18.1. The predicted octanol–water partition coefficient (Wildman–Crippen LogP) is 3.42. The molecule has 0 saturated heterocycles. The van der Waals surface area contributed by atoms with Crippen molar-refractivity contribution in [3.63, 3.8) is 0 Å². The van der Waals surface area contributed by atoms with Gasteiger partial charge in [0.1, 0.15) is 16.7 Å². The zero-order valence-corrected chi connectivity index (χ0v) is 16.4. The maximum Gasteiger partial charge on any atom is 0.152 e. The van der Waals surface area contributed by atoms with Crippen LogP contribution in [0.1, 0.15) is 29.9 Å². The fraction of sp³-hybridized carbons (Fsp3) is 0.353. The Kier molecular flexibility index (Phi) is 5.21. The van der Waals surface area contributed by atoms with E-state index in [1.807, 2.05) is 27.3 Å². The van der Waals surface area contributed by atoms with E-state index < -0.39 is 0 Å². The summed E-state index contributed by atoms with van der Waals surface area (Å²) in [4.78, 5) is 16.2. The summed E-state index contributed by atoms with van der Waals surface area (Å²) < 4.78 is 5.61. The predicted molar refractivity (Wildman–Crippen MR) is 104 cm³/mol. The molecule has 0 saturated carbocycles. The lowest BCUT2D eigenvalue weighted by Gasteiger charge is -2.13. The molecule has 8 heteroatoms. The van der Waals surface area contributed by atoms with Gasteiger partial charge < -0.3 is 15.1 Å². The second-order valence-corrected chi connectivity index (χ2v) is 7.39. The molecule has 25 heavy (non-hydrogen) atoms. The van der Waals surface area contributed by atoms with Gasteiger partial charge in [0, 0.05) is 17.5 Å². The van der Waals surface area contributed by atoms with Crippen molar-refractivity contribution in [1.82, 2.24) is 19.9 Å². The number of furan rings is 1. The van der Waals surface area contributed by atoms with E-state index in [4.69, 9.17) is 10.2 Å². The lowest BCUT2D eigenvalue weighted by Crippen LogP contribution is -2.10. The monoisotopic (exact) mass is 375 g/mol. The molecule has 0 aromatic carbocycles. The molecular weight excluding hydrogens is 354 g/mol. The minimum Gasteiger partial charge on any atom is -0.462 e.